The van der Waals surface area contributed by atoms with Gasteiger partial charge in [0.05, 0.1) is 11.5 Å². The molecule has 0 aromatic rings. The smallest absolute Gasteiger partial charge is 0.227 e. The molecule has 1 spiro atoms. The first-order valence-corrected chi connectivity index (χ1v) is 8.87. The van der Waals surface area contributed by atoms with Gasteiger partial charge >= 0.3 is 0 Å². The van der Waals surface area contributed by atoms with Crippen molar-refractivity contribution in [1.82, 2.24) is 5.32 Å². The average molecular weight is 310 g/mol. The van der Waals surface area contributed by atoms with Crippen LogP contribution in [0.5, 0.6) is 0 Å². The third kappa shape index (κ3) is 2.57. The zero-order valence-corrected chi connectivity index (χ0v) is 13.7. The number of carbonyl (C=O) groups excluding carboxylic acids is 1. The van der Waals surface area contributed by atoms with E-state index in [0.29, 0.717) is 25.9 Å². The highest BCUT2D eigenvalue weighted by Gasteiger charge is 2.58. The van der Waals surface area contributed by atoms with Crippen molar-refractivity contribution >= 4 is 5.91 Å². The van der Waals surface area contributed by atoms with Crippen molar-refractivity contribution in [3.05, 3.63) is 0 Å². The van der Waals surface area contributed by atoms with Crippen molar-refractivity contribution in [3.63, 3.8) is 0 Å². The maximum Gasteiger partial charge on any atom is 0.227 e. The van der Waals surface area contributed by atoms with Gasteiger partial charge in [0.2, 0.25) is 5.91 Å². The van der Waals surface area contributed by atoms with Crippen molar-refractivity contribution in [2.24, 2.45) is 16.6 Å². The third-order valence-corrected chi connectivity index (χ3v) is 6.31. The summed E-state index contributed by atoms with van der Waals surface area (Å²) in [4.78, 5) is 12.9. The Morgan fingerprint density at radius 1 is 1.27 bits per heavy atom. The fourth-order valence-electron chi connectivity index (χ4n) is 4.69. The molecule has 1 aliphatic heterocycles. The lowest BCUT2D eigenvalue weighted by Gasteiger charge is -2.54. The van der Waals surface area contributed by atoms with Gasteiger partial charge in [-0.05, 0) is 39.0 Å². The Labute approximate surface area is 133 Å². The minimum absolute atomic E-state index is 0.143. The highest BCUT2D eigenvalue weighted by molar-refractivity contribution is 5.83. The third-order valence-electron chi connectivity index (χ3n) is 6.31. The van der Waals surface area contributed by atoms with Gasteiger partial charge in [-0.15, -0.1) is 0 Å². The zero-order valence-electron chi connectivity index (χ0n) is 13.7. The lowest BCUT2D eigenvalue weighted by molar-refractivity contribution is -0.153. The number of nitrogens with one attached hydrogen (secondary N) is 1. The van der Waals surface area contributed by atoms with E-state index in [1.165, 1.54) is 25.7 Å². The second-order valence-corrected chi connectivity index (χ2v) is 7.24. The molecule has 126 valence electrons. The van der Waals surface area contributed by atoms with Crippen LogP contribution in [-0.2, 0) is 14.3 Å². The summed E-state index contributed by atoms with van der Waals surface area (Å²) in [5.41, 5.74) is 5.72. The molecule has 1 heterocycles. The van der Waals surface area contributed by atoms with Gasteiger partial charge in [-0.25, -0.2) is 0 Å². The SMILES string of the molecule is CCOC1CC(NC(=O)C2(CN)CCOCC2)C12CCCC2. The Balaban J connectivity index is 1.66. The van der Waals surface area contributed by atoms with Gasteiger partial charge in [0.25, 0.3) is 0 Å². The molecule has 3 N–H and O–H groups in total. The van der Waals surface area contributed by atoms with Crippen LogP contribution >= 0.6 is 0 Å². The normalized spacial score (nSPS) is 32.6. The number of amides is 1. The van der Waals surface area contributed by atoms with Crippen molar-refractivity contribution in [2.45, 2.75) is 64.0 Å². The molecule has 0 aromatic heterocycles. The van der Waals surface area contributed by atoms with Crippen LogP contribution in [0.4, 0.5) is 0 Å². The largest absolute Gasteiger partial charge is 0.381 e. The maximum atomic E-state index is 12.9. The van der Waals surface area contributed by atoms with E-state index in [1.807, 2.05) is 0 Å². The van der Waals surface area contributed by atoms with Gasteiger partial charge in [0, 0.05) is 37.8 Å². The van der Waals surface area contributed by atoms with E-state index in [9.17, 15) is 4.79 Å². The molecule has 22 heavy (non-hydrogen) atoms. The van der Waals surface area contributed by atoms with E-state index in [4.69, 9.17) is 15.2 Å². The minimum Gasteiger partial charge on any atom is -0.381 e. The van der Waals surface area contributed by atoms with Gasteiger partial charge in [0.1, 0.15) is 0 Å². The minimum atomic E-state index is -0.422. The first-order chi connectivity index (χ1) is 10.7. The number of carbonyl (C=O) groups is 1. The maximum absolute atomic E-state index is 12.9. The Morgan fingerprint density at radius 2 is 1.95 bits per heavy atom. The van der Waals surface area contributed by atoms with E-state index in [2.05, 4.69) is 12.2 Å². The van der Waals surface area contributed by atoms with Crippen LogP contribution in [-0.4, -0.2) is 44.4 Å². The Morgan fingerprint density at radius 3 is 2.55 bits per heavy atom. The number of rotatable bonds is 5. The van der Waals surface area contributed by atoms with E-state index in [1.54, 1.807) is 0 Å². The summed E-state index contributed by atoms with van der Waals surface area (Å²) in [7, 11) is 0. The lowest BCUT2D eigenvalue weighted by Crippen LogP contribution is -2.66. The molecule has 3 rings (SSSR count). The molecule has 3 aliphatic rings. The van der Waals surface area contributed by atoms with Crippen LogP contribution in [0, 0.1) is 10.8 Å². The number of hydrogen-bond acceptors (Lipinski definition) is 4. The topological polar surface area (TPSA) is 73.6 Å². The fourth-order valence-corrected chi connectivity index (χ4v) is 4.69. The Bertz CT molecular complexity index is 401. The first-order valence-electron chi connectivity index (χ1n) is 8.87. The highest BCUT2D eigenvalue weighted by Crippen LogP contribution is 2.55. The van der Waals surface area contributed by atoms with E-state index < -0.39 is 5.41 Å². The molecule has 2 unspecified atom stereocenters. The molecule has 1 saturated heterocycles. The van der Waals surface area contributed by atoms with Crippen molar-refractivity contribution in [2.75, 3.05) is 26.4 Å². The van der Waals surface area contributed by atoms with Crippen LogP contribution in [0.3, 0.4) is 0 Å². The molecule has 2 aliphatic carbocycles. The summed E-state index contributed by atoms with van der Waals surface area (Å²) in [5.74, 6) is 0.143. The van der Waals surface area contributed by atoms with Gasteiger partial charge in [-0.2, -0.15) is 0 Å². The second kappa shape index (κ2) is 6.46. The lowest BCUT2D eigenvalue weighted by atomic mass is 9.60. The predicted molar refractivity (Wildman–Crippen MR) is 84.4 cm³/mol. The van der Waals surface area contributed by atoms with Crippen LogP contribution in [0.1, 0.15) is 51.9 Å². The second-order valence-electron chi connectivity index (χ2n) is 7.24. The Hall–Kier alpha value is -0.650. The summed E-state index contributed by atoms with van der Waals surface area (Å²) in [6.45, 7) is 4.51. The summed E-state index contributed by atoms with van der Waals surface area (Å²) < 4.78 is 11.3. The number of ether oxygens (including phenoxy) is 2. The van der Waals surface area contributed by atoms with Gasteiger partial charge in [0.15, 0.2) is 0 Å². The molecule has 0 radical (unpaired) electrons. The standard InChI is InChI=1S/C17H30N2O3/c1-2-22-14-11-13(17(14)5-3-4-6-17)19-15(20)16(12-18)7-9-21-10-8-16/h13-14H,2-12,18H2,1H3,(H,19,20). The molecule has 0 bridgehead atoms. The molecule has 5 heteroatoms. The van der Waals surface area contributed by atoms with Crippen LogP contribution in [0.2, 0.25) is 0 Å². The molecule has 3 fully saturated rings. The van der Waals surface area contributed by atoms with Crippen LogP contribution in [0.15, 0.2) is 0 Å². The molecular weight excluding hydrogens is 280 g/mol. The fraction of sp³-hybridized carbons (Fsp3) is 0.941. The average Bonchev–Trinajstić information content (AvgIpc) is 3.07. The summed E-state index contributed by atoms with van der Waals surface area (Å²) in [5, 5.41) is 3.34. The monoisotopic (exact) mass is 310 g/mol. The number of nitrogens with two attached hydrogens (primary N) is 1. The van der Waals surface area contributed by atoms with Crippen molar-refractivity contribution in [3.8, 4) is 0 Å². The van der Waals surface area contributed by atoms with Crippen LogP contribution < -0.4 is 11.1 Å². The molecular formula is C17H30N2O3. The highest BCUT2D eigenvalue weighted by atomic mass is 16.5. The first kappa shape index (κ1) is 16.2. The summed E-state index contributed by atoms with van der Waals surface area (Å²) in [6, 6.07) is 0.269. The van der Waals surface area contributed by atoms with Gasteiger partial charge in [-0.3, -0.25) is 4.79 Å². The van der Waals surface area contributed by atoms with E-state index in [0.717, 1.165) is 25.9 Å². The molecule has 2 atom stereocenters. The van der Waals surface area contributed by atoms with Crippen molar-refractivity contribution in [1.29, 1.82) is 0 Å². The van der Waals surface area contributed by atoms with E-state index in [-0.39, 0.29) is 17.4 Å². The zero-order chi connectivity index (χ0) is 15.6. The summed E-state index contributed by atoms with van der Waals surface area (Å²) in [6.07, 6.45) is 7.64. The Kier molecular flexibility index (Phi) is 4.76. The molecule has 2 saturated carbocycles. The van der Waals surface area contributed by atoms with Crippen LogP contribution in [0.25, 0.3) is 0 Å². The van der Waals surface area contributed by atoms with E-state index >= 15 is 0 Å². The summed E-state index contributed by atoms with van der Waals surface area (Å²) >= 11 is 0. The van der Waals surface area contributed by atoms with Gasteiger partial charge in [-0.1, -0.05) is 12.8 Å². The molecule has 0 aromatic carbocycles. The molecule has 1 amide bonds. The van der Waals surface area contributed by atoms with Crippen molar-refractivity contribution < 1.29 is 14.3 Å². The predicted octanol–water partition coefficient (Wildman–Crippen LogP) is 1.60. The van der Waals surface area contributed by atoms with Gasteiger partial charge < -0.3 is 20.5 Å². The quantitative estimate of drug-likeness (QED) is 0.809. The molecule has 5 nitrogen and oxygen atoms in total. The number of hydrogen-bond donors (Lipinski definition) is 2.